The third kappa shape index (κ3) is 2.69. The lowest BCUT2D eigenvalue weighted by Gasteiger charge is -2.44. The summed E-state index contributed by atoms with van der Waals surface area (Å²) < 4.78 is 0. The van der Waals surface area contributed by atoms with Gasteiger partial charge in [0, 0.05) is 30.9 Å². The molecule has 0 saturated carbocycles. The van der Waals surface area contributed by atoms with Crippen molar-refractivity contribution < 1.29 is 0 Å². The number of nitrogens with one attached hydrogen (secondary N) is 1. The standard InChI is InChI=1S/C16H26N2/c1-4-14-8-7-9-15(12-14)18-11-10-17-16(5-2,6-3)13-18/h7-9,12,17H,4-6,10-11,13H2,1-3H3. The SMILES string of the molecule is CCc1cccc(N2CCNC(CC)(CC)C2)c1. The van der Waals surface area contributed by atoms with Gasteiger partial charge in [-0.2, -0.15) is 0 Å². The minimum atomic E-state index is 0.306. The van der Waals surface area contributed by atoms with Crippen molar-refractivity contribution in [3.63, 3.8) is 0 Å². The fourth-order valence-electron chi connectivity index (χ4n) is 2.87. The quantitative estimate of drug-likeness (QED) is 0.877. The van der Waals surface area contributed by atoms with Crippen LogP contribution in [0.2, 0.25) is 0 Å². The first-order valence-corrected chi connectivity index (χ1v) is 7.32. The van der Waals surface area contributed by atoms with Gasteiger partial charge < -0.3 is 10.2 Å². The number of aryl methyl sites for hydroxylation is 1. The van der Waals surface area contributed by atoms with Crippen LogP contribution in [0.1, 0.15) is 39.2 Å². The lowest BCUT2D eigenvalue weighted by molar-refractivity contribution is 0.277. The van der Waals surface area contributed by atoms with Gasteiger partial charge in [0.2, 0.25) is 0 Å². The molecule has 1 aliphatic heterocycles. The van der Waals surface area contributed by atoms with Crippen LogP contribution in [0.4, 0.5) is 5.69 Å². The smallest absolute Gasteiger partial charge is 0.0370 e. The van der Waals surface area contributed by atoms with Crippen molar-refractivity contribution in [1.82, 2.24) is 5.32 Å². The summed E-state index contributed by atoms with van der Waals surface area (Å²) in [7, 11) is 0. The zero-order valence-corrected chi connectivity index (χ0v) is 12.0. The molecule has 2 rings (SSSR count). The maximum absolute atomic E-state index is 3.72. The van der Waals surface area contributed by atoms with Crippen LogP contribution in [0.5, 0.6) is 0 Å². The molecule has 0 amide bonds. The molecule has 1 saturated heterocycles. The predicted molar refractivity (Wildman–Crippen MR) is 79.3 cm³/mol. The van der Waals surface area contributed by atoms with Crippen molar-refractivity contribution in [3.05, 3.63) is 29.8 Å². The summed E-state index contributed by atoms with van der Waals surface area (Å²) in [4.78, 5) is 2.54. The van der Waals surface area contributed by atoms with Crippen molar-refractivity contribution in [3.8, 4) is 0 Å². The van der Waals surface area contributed by atoms with Crippen LogP contribution >= 0.6 is 0 Å². The summed E-state index contributed by atoms with van der Waals surface area (Å²) in [5.74, 6) is 0. The van der Waals surface area contributed by atoms with E-state index in [2.05, 4.69) is 55.3 Å². The Kier molecular flexibility index (Phi) is 4.28. The molecule has 0 radical (unpaired) electrons. The molecule has 1 N–H and O–H groups in total. The van der Waals surface area contributed by atoms with Gasteiger partial charge in [0.25, 0.3) is 0 Å². The minimum Gasteiger partial charge on any atom is -0.368 e. The molecule has 1 aromatic rings. The molecule has 0 unspecified atom stereocenters. The van der Waals surface area contributed by atoms with E-state index in [1.165, 1.54) is 24.1 Å². The third-order valence-corrected chi connectivity index (χ3v) is 4.41. The molecule has 1 aromatic carbocycles. The van der Waals surface area contributed by atoms with Crippen LogP contribution in [0.25, 0.3) is 0 Å². The van der Waals surface area contributed by atoms with Gasteiger partial charge in [-0.3, -0.25) is 0 Å². The van der Waals surface area contributed by atoms with Gasteiger partial charge in [-0.15, -0.1) is 0 Å². The van der Waals surface area contributed by atoms with E-state index in [4.69, 9.17) is 0 Å². The average molecular weight is 246 g/mol. The molecule has 0 bridgehead atoms. The topological polar surface area (TPSA) is 15.3 Å². The van der Waals surface area contributed by atoms with Gasteiger partial charge in [0.05, 0.1) is 0 Å². The van der Waals surface area contributed by atoms with Crippen LogP contribution in [0, 0.1) is 0 Å². The van der Waals surface area contributed by atoms with Crippen molar-refractivity contribution in [2.75, 3.05) is 24.5 Å². The Morgan fingerprint density at radius 3 is 2.67 bits per heavy atom. The Morgan fingerprint density at radius 1 is 1.22 bits per heavy atom. The van der Waals surface area contributed by atoms with Gasteiger partial charge in [-0.1, -0.05) is 32.9 Å². The number of nitrogens with zero attached hydrogens (tertiary/aromatic N) is 1. The van der Waals surface area contributed by atoms with Crippen molar-refractivity contribution in [2.45, 2.75) is 45.6 Å². The highest BCUT2D eigenvalue weighted by Gasteiger charge is 2.31. The second-order valence-corrected chi connectivity index (χ2v) is 5.36. The average Bonchev–Trinajstić information content (AvgIpc) is 2.47. The minimum absolute atomic E-state index is 0.306. The monoisotopic (exact) mass is 246 g/mol. The Labute approximate surface area is 111 Å². The number of rotatable bonds is 4. The summed E-state index contributed by atoms with van der Waals surface area (Å²) in [6, 6.07) is 9.01. The summed E-state index contributed by atoms with van der Waals surface area (Å²) >= 11 is 0. The number of hydrogen-bond donors (Lipinski definition) is 1. The maximum atomic E-state index is 3.72. The normalized spacial score (nSPS) is 18.9. The predicted octanol–water partition coefficient (Wildman–Crippen LogP) is 3.22. The molecular formula is C16H26N2. The molecule has 0 atom stereocenters. The first-order chi connectivity index (χ1) is 8.73. The number of anilines is 1. The molecule has 18 heavy (non-hydrogen) atoms. The van der Waals surface area contributed by atoms with E-state index in [0.717, 1.165) is 26.1 Å². The maximum Gasteiger partial charge on any atom is 0.0370 e. The fraction of sp³-hybridized carbons (Fsp3) is 0.625. The van der Waals surface area contributed by atoms with Crippen LogP contribution in [0.3, 0.4) is 0 Å². The largest absolute Gasteiger partial charge is 0.368 e. The molecule has 1 fully saturated rings. The fourth-order valence-corrected chi connectivity index (χ4v) is 2.87. The highest BCUT2D eigenvalue weighted by molar-refractivity contribution is 5.49. The summed E-state index contributed by atoms with van der Waals surface area (Å²) in [6.07, 6.45) is 3.52. The Balaban J connectivity index is 2.17. The van der Waals surface area contributed by atoms with E-state index in [1.54, 1.807) is 0 Å². The number of hydrogen-bond acceptors (Lipinski definition) is 2. The van der Waals surface area contributed by atoms with E-state index in [9.17, 15) is 0 Å². The van der Waals surface area contributed by atoms with Crippen molar-refractivity contribution in [1.29, 1.82) is 0 Å². The highest BCUT2D eigenvalue weighted by atomic mass is 15.2. The van der Waals surface area contributed by atoms with Crippen LogP contribution in [0.15, 0.2) is 24.3 Å². The van der Waals surface area contributed by atoms with E-state index < -0.39 is 0 Å². The third-order valence-electron chi connectivity index (χ3n) is 4.41. The van der Waals surface area contributed by atoms with Gasteiger partial charge in [0.1, 0.15) is 0 Å². The molecule has 1 aliphatic rings. The van der Waals surface area contributed by atoms with Crippen LogP contribution in [-0.4, -0.2) is 25.2 Å². The van der Waals surface area contributed by atoms with Gasteiger partial charge in [0.15, 0.2) is 0 Å². The van der Waals surface area contributed by atoms with Crippen molar-refractivity contribution in [2.24, 2.45) is 0 Å². The number of piperazine rings is 1. The summed E-state index contributed by atoms with van der Waals surface area (Å²) in [6.45, 7) is 10.2. The second-order valence-electron chi connectivity index (χ2n) is 5.36. The lowest BCUT2D eigenvalue weighted by Crippen LogP contribution is -2.60. The van der Waals surface area contributed by atoms with E-state index in [1.807, 2.05) is 0 Å². The Morgan fingerprint density at radius 2 is 2.00 bits per heavy atom. The molecule has 2 nitrogen and oxygen atoms in total. The number of benzene rings is 1. The second kappa shape index (κ2) is 5.75. The lowest BCUT2D eigenvalue weighted by atomic mass is 9.90. The summed E-state index contributed by atoms with van der Waals surface area (Å²) in [5, 5.41) is 3.72. The highest BCUT2D eigenvalue weighted by Crippen LogP contribution is 2.25. The molecule has 0 aromatic heterocycles. The van der Waals surface area contributed by atoms with Gasteiger partial charge in [-0.25, -0.2) is 0 Å². The Hall–Kier alpha value is -1.02. The van der Waals surface area contributed by atoms with E-state index >= 15 is 0 Å². The zero-order valence-electron chi connectivity index (χ0n) is 12.0. The van der Waals surface area contributed by atoms with Gasteiger partial charge in [-0.05, 0) is 37.0 Å². The summed E-state index contributed by atoms with van der Waals surface area (Å²) in [5.41, 5.74) is 3.13. The molecular weight excluding hydrogens is 220 g/mol. The molecule has 1 heterocycles. The van der Waals surface area contributed by atoms with Crippen molar-refractivity contribution >= 4 is 5.69 Å². The molecule has 0 aliphatic carbocycles. The first-order valence-electron chi connectivity index (χ1n) is 7.32. The molecule has 0 spiro atoms. The van der Waals surface area contributed by atoms with Crippen LogP contribution in [-0.2, 0) is 6.42 Å². The zero-order chi connectivity index (χ0) is 13.0. The first kappa shape index (κ1) is 13.4. The van der Waals surface area contributed by atoms with E-state index in [0.29, 0.717) is 5.54 Å². The molecule has 2 heteroatoms. The van der Waals surface area contributed by atoms with Crippen LogP contribution < -0.4 is 10.2 Å². The van der Waals surface area contributed by atoms with Gasteiger partial charge >= 0.3 is 0 Å². The Bertz CT molecular complexity index is 382. The van der Waals surface area contributed by atoms with E-state index in [-0.39, 0.29) is 0 Å². The molecule has 100 valence electrons.